The largest absolute Gasteiger partial charge is 0.478 e. The minimum atomic E-state index is -1.26. The quantitative estimate of drug-likeness (QED) is 0.542. The predicted octanol–water partition coefficient (Wildman–Crippen LogP) is 5.85. The molecule has 31 heavy (non-hydrogen) atoms. The van der Waals surface area contributed by atoms with Crippen LogP contribution in [0.25, 0.3) is 0 Å². The number of aliphatic carboxylic acids is 2. The summed E-state index contributed by atoms with van der Waals surface area (Å²) in [6, 6.07) is 7.19. The SMILES string of the molecule is Clc1ccc([C@H]2CCC[C@H]3CN(C4CCCCC4)C[C@H]32)cc1Cl.O=C(O)/C=C/C(=O)O. The summed E-state index contributed by atoms with van der Waals surface area (Å²) in [4.78, 5) is 21.9. The molecule has 2 aliphatic carbocycles. The van der Waals surface area contributed by atoms with Crippen LogP contribution in [-0.2, 0) is 9.59 Å². The van der Waals surface area contributed by atoms with Gasteiger partial charge in [0.1, 0.15) is 0 Å². The average molecular weight is 468 g/mol. The van der Waals surface area contributed by atoms with E-state index in [0.29, 0.717) is 28.1 Å². The van der Waals surface area contributed by atoms with Crippen LogP contribution in [0.4, 0.5) is 0 Å². The Morgan fingerprint density at radius 1 is 0.871 bits per heavy atom. The third-order valence-electron chi connectivity index (χ3n) is 6.96. The highest BCUT2D eigenvalue weighted by atomic mass is 35.5. The number of rotatable bonds is 4. The Morgan fingerprint density at radius 3 is 2.16 bits per heavy atom. The lowest BCUT2D eigenvalue weighted by atomic mass is 9.71. The number of benzene rings is 1. The first-order chi connectivity index (χ1) is 14.8. The standard InChI is InChI=1S/C20H27Cl2N.C4H4O4/c21-19-10-9-14(11-20(19)22)17-8-4-5-15-12-23(13-18(15)17)16-6-2-1-3-7-16;5-3(6)1-2-4(7)8/h9-11,15-18H,1-8,12-13H2;1-2H,(H,5,6)(H,7,8)/b;2-1+/t15-,17+,18+;/m0./s1. The second-order valence-electron chi connectivity index (χ2n) is 8.89. The second kappa shape index (κ2) is 11.3. The van der Waals surface area contributed by atoms with E-state index in [2.05, 4.69) is 17.0 Å². The Morgan fingerprint density at radius 2 is 1.55 bits per heavy atom. The Bertz CT molecular complexity index is 791. The highest BCUT2D eigenvalue weighted by Crippen LogP contribution is 2.47. The van der Waals surface area contributed by atoms with E-state index in [4.69, 9.17) is 33.4 Å². The molecule has 2 saturated carbocycles. The molecule has 1 heterocycles. The van der Waals surface area contributed by atoms with E-state index in [9.17, 15) is 9.59 Å². The third-order valence-corrected chi connectivity index (χ3v) is 7.70. The Balaban J connectivity index is 0.000000293. The average Bonchev–Trinajstić information content (AvgIpc) is 3.20. The van der Waals surface area contributed by atoms with Gasteiger partial charge in [-0.15, -0.1) is 0 Å². The van der Waals surface area contributed by atoms with Crippen LogP contribution in [0.2, 0.25) is 10.0 Å². The monoisotopic (exact) mass is 467 g/mol. The van der Waals surface area contributed by atoms with E-state index in [0.717, 1.165) is 17.9 Å². The molecule has 170 valence electrons. The Labute approximate surface area is 194 Å². The van der Waals surface area contributed by atoms with Gasteiger partial charge in [-0.3, -0.25) is 4.90 Å². The first-order valence-electron chi connectivity index (χ1n) is 11.2. The summed E-state index contributed by atoms with van der Waals surface area (Å²) in [5, 5.41) is 17.0. The third kappa shape index (κ3) is 6.71. The molecule has 1 aliphatic heterocycles. The van der Waals surface area contributed by atoms with E-state index in [1.165, 1.54) is 70.0 Å². The van der Waals surface area contributed by atoms with Crippen LogP contribution in [0.5, 0.6) is 0 Å². The molecule has 2 N–H and O–H groups in total. The molecule has 0 radical (unpaired) electrons. The van der Waals surface area contributed by atoms with Crippen LogP contribution in [0.3, 0.4) is 0 Å². The van der Waals surface area contributed by atoms with Gasteiger partial charge in [-0.2, -0.15) is 0 Å². The van der Waals surface area contributed by atoms with Crippen LogP contribution < -0.4 is 0 Å². The number of carboxylic acids is 2. The van der Waals surface area contributed by atoms with E-state index in [-0.39, 0.29) is 0 Å². The molecule has 0 unspecified atom stereocenters. The van der Waals surface area contributed by atoms with E-state index >= 15 is 0 Å². The number of carbonyl (C=O) groups is 2. The van der Waals surface area contributed by atoms with Crippen LogP contribution in [0.15, 0.2) is 30.4 Å². The molecule has 4 rings (SSSR count). The topological polar surface area (TPSA) is 77.8 Å². The normalized spacial score (nSPS) is 26.8. The summed E-state index contributed by atoms with van der Waals surface area (Å²) in [6.45, 7) is 2.65. The molecule has 1 saturated heterocycles. The lowest BCUT2D eigenvalue weighted by molar-refractivity contribution is -0.134. The molecule has 0 aromatic heterocycles. The zero-order chi connectivity index (χ0) is 22.4. The summed E-state index contributed by atoms with van der Waals surface area (Å²) in [7, 11) is 0. The fourth-order valence-electron chi connectivity index (χ4n) is 5.55. The number of fused-ring (bicyclic) bond motifs is 1. The van der Waals surface area contributed by atoms with Crippen LogP contribution in [0, 0.1) is 11.8 Å². The van der Waals surface area contributed by atoms with Crippen molar-refractivity contribution in [3.63, 3.8) is 0 Å². The van der Waals surface area contributed by atoms with Crippen LogP contribution >= 0.6 is 23.2 Å². The summed E-state index contributed by atoms with van der Waals surface area (Å²) >= 11 is 12.4. The maximum absolute atomic E-state index is 9.55. The van der Waals surface area contributed by atoms with Gasteiger partial charge in [0.2, 0.25) is 0 Å². The van der Waals surface area contributed by atoms with Crippen molar-refractivity contribution in [3.05, 3.63) is 46.0 Å². The van der Waals surface area contributed by atoms with E-state index < -0.39 is 11.9 Å². The number of nitrogens with zero attached hydrogens (tertiary/aromatic N) is 1. The Kier molecular flexibility index (Phi) is 8.82. The predicted molar refractivity (Wildman–Crippen MR) is 123 cm³/mol. The molecule has 1 aromatic rings. The smallest absolute Gasteiger partial charge is 0.328 e. The summed E-state index contributed by atoms with van der Waals surface area (Å²) in [6.07, 6.45) is 12.4. The number of halogens is 2. The van der Waals surface area contributed by atoms with Crippen LogP contribution in [-0.4, -0.2) is 46.2 Å². The summed E-state index contributed by atoms with van der Waals surface area (Å²) < 4.78 is 0. The molecule has 1 aromatic carbocycles. The maximum Gasteiger partial charge on any atom is 0.328 e. The summed E-state index contributed by atoms with van der Waals surface area (Å²) in [5.74, 6) is -0.120. The molecule has 3 aliphatic rings. The lowest BCUT2D eigenvalue weighted by Gasteiger charge is -2.34. The highest BCUT2D eigenvalue weighted by molar-refractivity contribution is 6.42. The van der Waals surface area contributed by atoms with Crippen molar-refractivity contribution in [3.8, 4) is 0 Å². The molecule has 3 atom stereocenters. The van der Waals surface area contributed by atoms with Gasteiger partial charge in [-0.1, -0.05) is 55.0 Å². The van der Waals surface area contributed by atoms with Gasteiger partial charge in [0.25, 0.3) is 0 Å². The number of hydrogen-bond donors (Lipinski definition) is 2. The molecular formula is C24H31Cl2NO4. The second-order valence-corrected chi connectivity index (χ2v) is 9.70. The van der Waals surface area contributed by atoms with Gasteiger partial charge in [0.15, 0.2) is 0 Å². The molecule has 0 bridgehead atoms. The molecule has 7 heteroatoms. The number of likely N-dealkylation sites (tertiary alicyclic amines) is 1. The minimum absolute atomic E-state index is 0.558. The van der Waals surface area contributed by atoms with Gasteiger partial charge >= 0.3 is 11.9 Å². The Hall–Kier alpha value is -1.56. The lowest BCUT2D eigenvalue weighted by Crippen LogP contribution is -2.35. The van der Waals surface area contributed by atoms with E-state index in [1.807, 2.05) is 6.07 Å². The molecule has 5 nitrogen and oxygen atoms in total. The molecule has 3 fully saturated rings. The molecule has 0 spiro atoms. The molecular weight excluding hydrogens is 437 g/mol. The van der Waals surface area contributed by atoms with Crippen LogP contribution in [0.1, 0.15) is 62.8 Å². The zero-order valence-electron chi connectivity index (χ0n) is 17.7. The summed E-state index contributed by atoms with van der Waals surface area (Å²) in [5.41, 5.74) is 1.42. The van der Waals surface area contributed by atoms with Crippen molar-refractivity contribution >= 4 is 35.1 Å². The van der Waals surface area contributed by atoms with Gasteiger partial charge in [-0.25, -0.2) is 9.59 Å². The zero-order valence-corrected chi connectivity index (χ0v) is 19.2. The van der Waals surface area contributed by atoms with Crippen molar-refractivity contribution in [1.29, 1.82) is 0 Å². The van der Waals surface area contributed by atoms with Gasteiger partial charge in [0, 0.05) is 31.3 Å². The molecule has 0 amide bonds. The minimum Gasteiger partial charge on any atom is -0.478 e. The number of hydrogen-bond acceptors (Lipinski definition) is 3. The highest BCUT2D eigenvalue weighted by Gasteiger charge is 2.42. The maximum atomic E-state index is 9.55. The van der Waals surface area contributed by atoms with Crippen molar-refractivity contribution in [1.82, 2.24) is 4.90 Å². The fourth-order valence-corrected chi connectivity index (χ4v) is 5.86. The van der Waals surface area contributed by atoms with Crippen molar-refractivity contribution in [2.45, 2.75) is 63.3 Å². The van der Waals surface area contributed by atoms with Crippen molar-refractivity contribution in [2.24, 2.45) is 11.8 Å². The van der Waals surface area contributed by atoms with Gasteiger partial charge in [0.05, 0.1) is 10.0 Å². The van der Waals surface area contributed by atoms with Gasteiger partial charge in [-0.05, 0) is 61.1 Å². The van der Waals surface area contributed by atoms with Gasteiger partial charge < -0.3 is 10.2 Å². The first kappa shape index (κ1) is 24.1. The van der Waals surface area contributed by atoms with Crippen molar-refractivity contribution in [2.75, 3.05) is 13.1 Å². The van der Waals surface area contributed by atoms with E-state index in [1.54, 1.807) is 0 Å². The van der Waals surface area contributed by atoms with Crippen molar-refractivity contribution < 1.29 is 19.8 Å². The first-order valence-corrected chi connectivity index (χ1v) is 11.9. The fraction of sp³-hybridized carbons (Fsp3) is 0.583. The number of carboxylic acid groups (broad SMARTS) is 2.